The molecule has 2 aliphatic rings. The predicted octanol–water partition coefficient (Wildman–Crippen LogP) is 1.10. The number of hydrogen-bond donors (Lipinski definition) is 3. The molecule has 24 heavy (non-hydrogen) atoms. The van der Waals surface area contributed by atoms with Gasteiger partial charge in [-0.05, 0) is 39.3 Å². The first kappa shape index (κ1) is 20.9. The first-order chi connectivity index (χ1) is 10.6. The van der Waals surface area contributed by atoms with Gasteiger partial charge in [0.05, 0.1) is 5.60 Å². The molecule has 0 bridgehead atoms. The molecule has 0 spiro atoms. The fourth-order valence-corrected chi connectivity index (χ4v) is 3.13. The number of fused-ring (bicyclic) bond motifs is 1. The van der Waals surface area contributed by atoms with Gasteiger partial charge in [0.25, 0.3) is 5.91 Å². The van der Waals surface area contributed by atoms with E-state index in [4.69, 9.17) is 4.74 Å². The van der Waals surface area contributed by atoms with Gasteiger partial charge in [0, 0.05) is 25.8 Å². The Kier molecular flexibility index (Phi) is 7.66. The molecule has 0 atom stereocenters. The summed E-state index contributed by atoms with van der Waals surface area (Å²) in [6.07, 6.45) is 2.68. The molecule has 1 aromatic rings. The third-order valence-corrected chi connectivity index (χ3v) is 4.52. The predicted molar refractivity (Wildman–Crippen MR) is 97.6 cm³/mol. The number of carbonyl (C=O) groups excluding carboxylic acids is 1. The number of ether oxygens (including phenoxy) is 1. The molecule has 3 heterocycles. The van der Waals surface area contributed by atoms with Crippen molar-refractivity contribution in [1.82, 2.24) is 20.6 Å². The summed E-state index contributed by atoms with van der Waals surface area (Å²) < 4.78 is 5.77. The molecule has 1 fully saturated rings. The Morgan fingerprint density at radius 2 is 1.92 bits per heavy atom. The van der Waals surface area contributed by atoms with Crippen LogP contribution in [0.1, 0.15) is 34.7 Å². The van der Waals surface area contributed by atoms with Crippen molar-refractivity contribution in [2.24, 2.45) is 0 Å². The summed E-state index contributed by atoms with van der Waals surface area (Å²) >= 11 is 0. The number of methoxy groups -OCH3 is 1. The lowest BCUT2D eigenvalue weighted by atomic mass is 9.92. The van der Waals surface area contributed by atoms with Crippen LogP contribution in [-0.2, 0) is 11.2 Å². The number of hydrogen-bond acceptors (Lipinski definition) is 6. The summed E-state index contributed by atoms with van der Waals surface area (Å²) in [4.78, 5) is 20.7. The normalized spacial score (nSPS) is 18.5. The van der Waals surface area contributed by atoms with Crippen LogP contribution in [0.25, 0.3) is 0 Å². The van der Waals surface area contributed by atoms with Crippen molar-refractivity contribution in [2.75, 3.05) is 38.6 Å². The third-order valence-electron chi connectivity index (χ3n) is 4.52. The Bertz CT molecular complexity index is 579. The van der Waals surface area contributed by atoms with Gasteiger partial charge in [-0.1, -0.05) is 0 Å². The number of nitrogens with zero attached hydrogens (tertiary/aromatic N) is 2. The van der Waals surface area contributed by atoms with Crippen molar-refractivity contribution in [3.05, 3.63) is 17.1 Å². The molecule has 0 aliphatic carbocycles. The van der Waals surface area contributed by atoms with Crippen molar-refractivity contribution in [2.45, 2.75) is 31.8 Å². The second kappa shape index (κ2) is 8.80. The average Bonchev–Trinajstić information content (AvgIpc) is 2.54. The standard InChI is InChI=1S/C15H23N5O2.2ClH/c1-10-19-12-11(3-6-17-14(12)21)13(20-10)18-9-15(22-2)4-7-16-8-5-15;;/h16H,3-9H2,1-2H3,(H,17,21)(H,18,19,20);2*1H. The lowest BCUT2D eigenvalue weighted by Crippen LogP contribution is -2.48. The average molecular weight is 378 g/mol. The van der Waals surface area contributed by atoms with E-state index in [9.17, 15) is 4.79 Å². The Labute approximate surface area is 154 Å². The van der Waals surface area contributed by atoms with Gasteiger partial charge >= 0.3 is 0 Å². The van der Waals surface area contributed by atoms with Gasteiger partial charge in [-0.25, -0.2) is 9.97 Å². The molecule has 0 radical (unpaired) electrons. The summed E-state index contributed by atoms with van der Waals surface area (Å²) in [5.41, 5.74) is 1.24. The summed E-state index contributed by atoms with van der Waals surface area (Å²) in [6.45, 7) is 5.05. The van der Waals surface area contributed by atoms with Crippen LogP contribution in [0.3, 0.4) is 0 Å². The summed E-state index contributed by atoms with van der Waals surface area (Å²) in [7, 11) is 1.77. The molecule has 1 saturated heterocycles. The van der Waals surface area contributed by atoms with E-state index >= 15 is 0 Å². The molecule has 1 aromatic heterocycles. The van der Waals surface area contributed by atoms with Crippen molar-refractivity contribution in [3.8, 4) is 0 Å². The molecule has 9 heteroatoms. The molecule has 1 amide bonds. The lowest BCUT2D eigenvalue weighted by molar-refractivity contribution is -0.0227. The fourth-order valence-electron chi connectivity index (χ4n) is 3.13. The number of piperidine rings is 1. The Morgan fingerprint density at radius 3 is 2.58 bits per heavy atom. The van der Waals surface area contributed by atoms with Crippen LogP contribution in [-0.4, -0.2) is 54.8 Å². The molecule has 0 saturated carbocycles. The molecule has 136 valence electrons. The smallest absolute Gasteiger partial charge is 0.270 e. The van der Waals surface area contributed by atoms with E-state index in [1.165, 1.54) is 0 Å². The highest BCUT2D eigenvalue weighted by Crippen LogP contribution is 2.25. The number of amides is 1. The van der Waals surface area contributed by atoms with E-state index in [0.717, 1.165) is 43.7 Å². The highest BCUT2D eigenvalue weighted by Gasteiger charge is 2.32. The van der Waals surface area contributed by atoms with Crippen LogP contribution in [0, 0.1) is 6.92 Å². The summed E-state index contributed by atoms with van der Waals surface area (Å²) in [6, 6.07) is 0. The summed E-state index contributed by atoms with van der Waals surface area (Å²) in [5.74, 6) is 1.26. The first-order valence-electron chi connectivity index (χ1n) is 7.79. The quantitative estimate of drug-likeness (QED) is 0.727. The van der Waals surface area contributed by atoms with Crippen LogP contribution in [0.2, 0.25) is 0 Å². The van der Waals surface area contributed by atoms with Gasteiger partial charge in [0.15, 0.2) is 0 Å². The van der Waals surface area contributed by atoms with Gasteiger partial charge in [0.2, 0.25) is 0 Å². The maximum Gasteiger partial charge on any atom is 0.270 e. The molecular formula is C15H25Cl2N5O2. The van der Waals surface area contributed by atoms with Crippen molar-refractivity contribution >= 4 is 36.5 Å². The second-order valence-corrected chi connectivity index (χ2v) is 5.94. The zero-order valence-electron chi connectivity index (χ0n) is 14.0. The first-order valence-corrected chi connectivity index (χ1v) is 7.79. The van der Waals surface area contributed by atoms with Gasteiger partial charge < -0.3 is 20.7 Å². The van der Waals surface area contributed by atoms with Crippen LogP contribution < -0.4 is 16.0 Å². The van der Waals surface area contributed by atoms with Gasteiger partial charge in [0.1, 0.15) is 17.3 Å². The third kappa shape index (κ3) is 4.27. The van der Waals surface area contributed by atoms with Gasteiger partial charge in [-0.15, -0.1) is 24.8 Å². The number of rotatable bonds is 4. The van der Waals surface area contributed by atoms with E-state index in [1.54, 1.807) is 7.11 Å². The Balaban J connectivity index is 0.00000144. The molecule has 3 N–H and O–H groups in total. The molecule has 0 aromatic carbocycles. The van der Waals surface area contributed by atoms with Crippen molar-refractivity contribution in [1.29, 1.82) is 0 Å². The number of nitrogens with one attached hydrogen (secondary N) is 3. The number of anilines is 1. The van der Waals surface area contributed by atoms with Crippen LogP contribution in [0.15, 0.2) is 0 Å². The van der Waals surface area contributed by atoms with E-state index in [2.05, 4.69) is 25.9 Å². The maximum absolute atomic E-state index is 12.0. The summed E-state index contributed by atoms with van der Waals surface area (Å²) in [5, 5.41) is 9.59. The van der Waals surface area contributed by atoms with Gasteiger partial charge in [-0.3, -0.25) is 4.79 Å². The minimum atomic E-state index is -0.173. The van der Waals surface area contributed by atoms with E-state index < -0.39 is 0 Å². The highest BCUT2D eigenvalue weighted by atomic mass is 35.5. The van der Waals surface area contributed by atoms with Gasteiger partial charge in [-0.2, -0.15) is 0 Å². The topological polar surface area (TPSA) is 88.2 Å². The van der Waals surface area contributed by atoms with Crippen LogP contribution in [0.5, 0.6) is 0 Å². The Hall–Kier alpha value is -1.15. The van der Waals surface area contributed by atoms with E-state index in [1.807, 2.05) is 6.92 Å². The van der Waals surface area contributed by atoms with Crippen molar-refractivity contribution in [3.63, 3.8) is 0 Å². The Morgan fingerprint density at radius 1 is 1.21 bits per heavy atom. The lowest BCUT2D eigenvalue weighted by Gasteiger charge is -2.36. The number of halogens is 2. The zero-order chi connectivity index (χ0) is 15.6. The fraction of sp³-hybridized carbons (Fsp3) is 0.667. The molecule has 7 nitrogen and oxygen atoms in total. The number of aryl methyl sites for hydroxylation is 1. The SMILES string of the molecule is COC1(CNc2nc(C)nc3c2CCNC3=O)CCNCC1.Cl.Cl. The van der Waals surface area contributed by atoms with Crippen LogP contribution >= 0.6 is 24.8 Å². The monoisotopic (exact) mass is 377 g/mol. The molecule has 0 unspecified atom stereocenters. The van der Waals surface area contributed by atoms with Crippen LogP contribution in [0.4, 0.5) is 5.82 Å². The van der Waals surface area contributed by atoms with Crippen molar-refractivity contribution < 1.29 is 9.53 Å². The number of aromatic nitrogens is 2. The zero-order valence-corrected chi connectivity index (χ0v) is 15.6. The minimum Gasteiger partial charge on any atom is -0.376 e. The largest absolute Gasteiger partial charge is 0.376 e. The maximum atomic E-state index is 12.0. The molecular weight excluding hydrogens is 353 g/mol. The molecule has 2 aliphatic heterocycles. The minimum absolute atomic E-state index is 0. The molecule has 3 rings (SSSR count). The number of carbonyl (C=O) groups is 1. The van der Waals surface area contributed by atoms with E-state index in [0.29, 0.717) is 24.6 Å². The van der Waals surface area contributed by atoms with E-state index in [-0.39, 0.29) is 36.3 Å². The highest BCUT2D eigenvalue weighted by molar-refractivity contribution is 5.95. The second-order valence-electron chi connectivity index (χ2n) is 5.94.